The molecule has 6 nitrogen and oxygen atoms in total. The van der Waals surface area contributed by atoms with E-state index in [1.165, 1.54) is 70.9 Å². The van der Waals surface area contributed by atoms with Crippen LogP contribution in [0.4, 0.5) is 0 Å². The molecule has 0 unspecified atom stereocenters. The number of amides is 2. The smallest absolute Gasteiger partial charge is 0.237 e. The fourth-order valence-electron chi connectivity index (χ4n) is 6.23. The molecule has 30 heavy (non-hydrogen) atoms. The lowest BCUT2D eigenvalue weighted by Crippen LogP contribution is -2.58. The standard InChI is InChI=1S/C24H42N4O2/c29-23(25-12-15-26-13-6-1-7-14-26)22(20-8-2-3-9-20)27-16-18-28(19-17-27)24(30)21-10-4-5-11-21/h20-22H,1-19H2,(H,25,29)/t22-/m0/s1. The maximum Gasteiger partial charge on any atom is 0.237 e. The second kappa shape index (κ2) is 10.9. The average molecular weight is 419 g/mol. The van der Waals surface area contributed by atoms with Crippen LogP contribution < -0.4 is 5.32 Å². The Bertz CT molecular complexity index is 558. The fraction of sp³-hybridized carbons (Fsp3) is 0.917. The van der Waals surface area contributed by atoms with Crippen LogP contribution in [0.2, 0.25) is 0 Å². The highest BCUT2D eigenvalue weighted by molar-refractivity contribution is 5.82. The molecule has 0 radical (unpaired) electrons. The van der Waals surface area contributed by atoms with Crippen molar-refractivity contribution in [3.63, 3.8) is 0 Å². The summed E-state index contributed by atoms with van der Waals surface area (Å²) in [4.78, 5) is 33.0. The lowest BCUT2D eigenvalue weighted by molar-refractivity contribution is -0.138. The van der Waals surface area contributed by atoms with E-state index in [-0.39, 0.29) is 17.9 Å². The summed E-state index contributed by atoms with van der Waals surface area (Å²) in [6.45, 7) is 7.38. The Morgan fingerprint density at radius 1 is 0.767 bits per heavy atom. The first-order valence-electron chi connectivity index (χ1n) is 12.8. The summed E-state index contributed by atoms with van der Waals surface area (Å²) in [7, 11) is 0. The number of nitrogens with zero attached hydrogens (tertiary/aromatic N) is 3. The van der Waals surface area contributed by atoms with Crippen molar-refractivity contribution in [1.29, 1.82) is 0 Å². The molecule has 4 aliphatic rings. The zero-order chi connectivity index (χ0) is 20.8. The Kier molecular flexibility index (Phi) is 8.05. The Hall–Kier alpha value is -1.14. The van der Waals surface area contributed by atoms with E-state index in [0.717, 1.165) is 52.1 Å². The lowest BCUT2D eigenvalue weighted by Gasteiger charge is -2.41. The quantitative estimate of drug-likeness (QED) is 0.690. The van der Waals surface area contributed by atoms with Crippen LogP contribution in [0.3, 0.4) is 0 Å². The van der Waals surface area contributed by atoms with Crippen LogP contribution in [0.1, 0.15) is 70.6 Å². The zero-order valence-corrected chi connectivity index (χ0v) is 18.8. The van der Waals surface area contributed by atoms with Gasteiger partial charge in [0.2, 0.25) is 11.8 Å². The fourth-order valence-corrected chi connectivity index (χ4v) is 6.23. The Morgan fingerprint density at radius 3 is 2.07 bits per heavy atom. The summed E-state index contributed by atoms with van der Waals surface area (Å²) in [5.74, 6) is 1.35. The minimum Gasteiger partial charge on any atom is -0.353 e. The lowest BCUT2D eigenvalue weighted by atomic mass is 9.94. The van der Waals surface area contributed by atoms with Gasteiger partial charge < -0.3 is 15.1 Å². The van der Waals surface area contributed by atoms with Crippen molar-refractivity contribution >= 4 is 11.8 Å². The van der Waals surface area contributed by atoms with Crippen LogP contribution >= 0.6 is 0 Å². The first kappa shape index (κ1) is 22.1. The van der Waals surface area contributed by atoms with E-state index >= 15 is 0 Å². The summed E-state index contributed by atoms with van der Waals surface area (Å²) in [6.07, 6.45) is 13.3. The van der Waals surface area contributed by atoms with Crippen LogP contribution in [0.15, 0.2) is 0 Å². The third-order valence-electron chi connectivity index (χ3n) is 8.01. The van der Waals surface area contributed by atoms with E-state index in [4.69, 9.17) is 0 Å². The predicted octanol–water partition coefficient (Wildman–Crippen LogP) is 2.48. The number of nitrogens with one attached hydrogen (secondary N) is 1. The van der Waals surface area contributed by atoms with Crippen molar-refractivity contribution in [2.45, 2.75) is 76.7 Å². The predicted molar refractivity (Wildman–Crippen MR) is 119 cm³/mol. The number of hydrogen-bond donors (Lipinski definition) is 1. The Balaban J connectivity index is 1.28. The summed E-state index contributed by atoms with van der Waals surface area (Å²) >= 11 is 0. The first-order valence-corrected chi connectivity index (χ1v) is 12.8. The molecule has 4 rings (SSSR count). The molecule has 2 amide bonds. The Labute approximate surface area is 182 Å². The van der Waals surface area contributed by atoms with E-state index < -0.39 is 0 Å². The highest BCUT2D eigenvalue weighted by Crippen LogP contribution is 2.32. The molecule has 6 heteroatoms. The van der Waals surface area contributed by atoms with Crippen molar-refractivity contribution < 1.29 is 9.59 Å². The third kappa shape index (κ3) is 5.56. The number of piperidine rings is 1. The summed E-state index contributed by atoms with van der Waals surface area (Å²) < 4.78 is 0. The van der Waals surface area contributed by atoms with Gasteiger partial charge in [0, 0.05) is 45.2 Å². The highest BCUT2D eigenvalue weighted by Gasteiger charge is 2.38. The van der Waals surface area contributed by atoms with Crippen LogP contribution in [0.5, 0.6) is 0 Å². The van der Waals surface area contributed by atoms with E-state index in [1.807, 2.05) is 0 Å². The first-order chi connectivity index (χ1) is 14.7. The molecule has 2 aliphatic heterocycles. The molecule has 170 valence electrons. The second-order valence-electron chi connectivity index (χ2n) is 10.0. The summed E-state index contributed by atoms with van der Waals surface area (Å²) in [5, 5.41) is 3.28. The molecular formula is C24H42N4O2. The normalized spacial score (nSPS) is 26.2. The van der Waals surface area contributed by atoms with Crippen LogP contribution in [0.25, 0.3) is 0 Å². The van der Waals surface area contributed by atoms with Crippen molar-refractivity contribution in [3.05, 3.63) is 0 Å². The van der Waals surface area contributed by atoms with E-state index in [1.54, 1.807) is 0 Å². The number of piperazine rings is 1. The van der Waals surface area contributed by atoms with Gasteiger partial charge in [-0.3, -0.25) is 14.5 Å². The molecule has 2 saturated heterocycles. The monoisotopic (exact) mass is 418 g/mol. The van der Waals surface area contributed by atoms with Gasteiger partial charge in [0.25, 0.3) is 0 Å². The Morgan fingerprint density at radius 2 is 1.40 bits per heavy atom. The molecule has 4 fully saturated rings. The third-order valence-corrected chi connectivity index (χ3v) is 8.01. The van der Waals surface area contributed by atoms with Crippen LogP contribution in [0, 0.1) is 11.8 Å². The molecule has 0 aromatic carbocycles. The molecule has 0 spiro atoms. The minimum absolute atomic E-state index is 0.00223. The molecule has 0 aromatic rings. The zero-order valence-electron chi connectivity index (χ0n) is 18.8. The number of rotatable bonds is 7. The maximum absolute atomic E-state index is 13.2. The van der Waals surface area contributed by atoms with Crippen molar-refractivity contribution in [2.75, 3.05) is 52.4 Å². The molecule has 2 heterocycles. The van der Waals surface area contributed by atoms with Gasteiger partial charge in [-0.15, -0.1) is 0 Å². The van der Waals surface area contributed by atoms with Crippen molar-refractivity contribution in [3.8, 4) is 0 Å². The van der Waals surface area contributed by atoms with Gasteiger partial charge in [-0.1, -0.05) is 32.1 Å². The largest absolute Gasteiger partial charge is 0.353 e. The molecular weight excluding hydrogens is 376 g/mol. The van der Waals surface area contributed by atoms with Gasteiger partial charge >= 0.3 is 0 Å². The number of carbonyl (C=O) groups excluding carboxylic acids is 2. The van der Waals surface area contributed by atoms with Gasteiger partial charge in [-0.05, 0) is 57.5 Å². The van der Waals surface area contributed by atoms with Gasteiger partial charge in [0.1, 0.15) is 0 Å². The SMILES string of the molecule is O=C(NCCN1CCCCC1)[C@H](C1CCCC1)N1CCN(C(=O)C2CCCC2)CC1. The highest BCUT2D eigenvalue weighted by atomic mass is 16.2. The number of carbonyl (C=O) groups is 2. The number of hydrogen-bond acceptors (Lipinski definition) is 4. The minimum atomic E-state index is -0.00223. The molecule has 0 aromatic heterocycles. The molecule has 1 atom stereocenters. The van der Waals surface area contributed by atoms with Gasteiger partial charge in [-0.2, -0.15) is 0 Å². The topological polar surface area (TPSA) is 55.9 Å². The van der Waals surface area contributed by atoms with Gasteiger partial charge in [0.15, 0.2) is 0 Å². The molecule has 2 aliphatic carbocycles. The van der Waals surface area contributed by atoms with Crippen molar-refractivity contribution in [1.82, 2.24) is 20.0 Å². The van der Waals surface area contributed by atoms with E-state index in [0.29, 0.717) is 11.8 Å². The van der Waals surface area contributed by atoms with Crippen LogP contribution in [-0.4, -0.2) is 84.9 Å². The maximum atomic E-state index is 13.2. The summed E-state index contributed by atoms with van der Waals surface area (Å²) in [5.41, 5.74) is 0. The second-order valence-corrected chi connectivity index (χ2v) is 10.0. The van der Waals surface area contributed by atoms with E-state index in [2.05, 4.69) is 20.0 Å². The number of likely N-dealkylation sites (tertiary alicyclic amines) is 1. The molecule has 1 N–H and O–H groups in total. The van der Waals surface area contributed by atoms with Crippen molar-refractivity contribution in [2.24, 2.45) is 11.8 Å². The van der Waals surface area contributed by atoms with E-state index in [9.17, 15) is 9.59 Å². The average Bonchev–Trinajstić information content (AvgIpc) is 3.49. The molecule has 2 saturated carbocycles. The van der Waals surface area contributed by atoms with Crippen LogP contribution in [-0.2, 0) is 9.59 Å². The van der Waals surface area contributed by atoms with Gasteiger partial charge in [0.05, 0.1) is 6.04 Å². The van der Waals surface area contributed by atoms with Gasteiger partial charge in [-0.25, -0.2) is 0 Å². The summed E-state index contributed by atoms with van der Waals surface area (Å²) in [6, 6.07) is -0.00223. The molecule has 0 bridgehead atoms.